The molecule has 2 N–H and O–H groups in total. The average Bonchev–Trinajstić information content (AvgIpc) is 2.90. The van der Waals surface area contributed by atoms with Crippen LogP contribution in [-0.4, -0.2) is 48.8 Å². The second-order valence-electron chi connectivity index (χ2n) is 5.97. The molecule has 2 aliphatic rings. The largest absolute Gasteiger partial charge is 0.376 e. The number of nitrogens with one attached hydrogen (secondary N) is 2. The van der Waals surface area contributed by atoms with Crippen LogP contribution in [0, 0.1) is 0 Å². The summed E-state index contributed by atoms with van der Waals surface area (Å²) in [7, 11) is 0. The van der Waals surface area contributed by atoms with Gasteiger partial charge in [-0.25, -0.2) is 0 Å². The molecule has 0 aromatic carbocycles. The van der Waals surface area contributed by atoms with Gasteiger partial charge in [-0.05, 0) is 51.7 Å². The van der Waals surface area contributed by atoms with E-state index in [2.05, 4.69) is 36.2 Å². The van der Waals surface area contributed by atoms with Crippen molar-refractivity contribution in [2.45, 2.75) is 56.8 Å². The first-order valence-corrected chi connectivity index (χ1v) is 8.98. The maximum absolute atomic E-state index is 5.75. The quantitative estimate of drug-likeness (QED) is 0.604. The molecule has 2 atom stereocenters. The monoisotopic (exact) mass is 299 g/mol. The van der Waals surface area contributed by atoms with E-state index in [9.17, 15) is 0 Å². The maximum Gasteiger partial charge on any atom is 0.191 e. The van der Waals surface area contributed by atoms with Crippen molar-refractivity contribution >= 4 is 17.7 Å². The van der Waals surface area contributed by atoms with Crippen LogP contribution in [0.4, 0.5) is 0 Å². The lowest BCUT2D eigenvalue weighted by Gasteiger charge is -2.24. The molecule has 4 nitrogen and oxygen atoms in total. The molecular formula is C15H29N3OS. The van der Waals surface area contributed by atoms with Crippen LogP contribution in [0.5, 0.6) is 0 Å². The highest BCUT2D eigenvalue weighted by Gasteiger charge is 2.29. The molecule has 0 aromatic heterocycles. The zero-order chi connectivity index (χ0) is 14.3. The van der Waals surface area contributed by atoms with E-state index in [-0.39, 0.29) is 0 Å². The summed E-state index contributed by atoms with van der Waals surface area (Å²) in [6, 6.07) is 0. The zero-order valence-electron chi connectivity index (χ0n) is 12.9. The van der Waals surface area contributed by atoms with Crippen molar-refractivity contribution in [2.75, 3.05) is 32.0 Å². The predicted molar refractivity (Wildman–Crippen MR) is 87.7 cm³/mol. The minimum atomic E-state index is 0.337. The van der Waals surface area contributed by atoms with Gasteiger partial charge >= 0.3 is 0 Å². The van der Waals surface area contributed by atoms with E-state index >= 15 is 0 Å². The number of hydrogen-bond donors (Lipinski definition) is 2. The fourth-order valence-corrected chi connectivity index (χ4v) is 3.95. The summed E-state index contributed by atoms with van der Waals surface area (Å²) >= 11 is 2.06. The molecule has 2 rings (SSSR count). The molecule has 2 heterocycles. The molecule has 0 amide bonds. The van der Waals surface area contributed by atoms with Gasteiger partial charge in [-0.1, -0.05) is 0 Å². The molecule has 2 unspecified atom stereocenters. The Bertz CT molecular complexity index is 310. The van der Waals surface area contributed by atoms with E-state index in [0.29, 0.717) is 10.9 Å². The van der Waals surface area contributed by atoms with Gasteiger partial charge in [-0.15, -0.1) is 0 Å². The molecule has 0 radical (unpaired) electrons. The van der Waals surface area contributed by atoms with E-state index in [1.165, 1.54) is 37.9 Å². The summed E-state index contributed by atoms with van der Waals surface area (Å²) in [5.74, 6) is 2.22. The van der Waals surface area contributed by atoms with Gasteiger partial charge in [0.2, 0.25) is 0 Å². The van der Waals surface area contributed by atoms with Crippen LogP contribution in [0.15, 0.2) is 4.99 Å². The van der Waals surface area contributed by atoms with Crippen molar-refractivity contribution in [2.24, 2.45) is 4.99 Å². The Kier molecular flexibility index (Phi) is 6.49. The minimum absolute atomic E-state index is 0.337. The summed E-state index contributed by atoms with van der Waals surface area (Å²) in [6.45, 7) is 8.03. The van der Waals surface area contributed by atoms with Crippen molar-refractivity contribution in [3.63, 3.8) is 0 Å². The Morgan fingerprint density at radius 3 is 2.90 bits per heavy atom. The maximum atomic E-state index is 5.75. The van der Waals surface area contributed by atoms with Gasteiger partial charge in [0, 0.05) is 24.4 Å². The highest BCUT2D eigenvalue weighted by Crippen LogP contribution is 2.37. The summed E-state index contributed by atoms with van der Waals surface area (Å²) in [4.78, 5) is 4.77. The van der Waals surface area contributed by atoms with Crippen LogP contribution in [0.2, 0.25) is 0 Å². The molecule has 0 saturated carbocycles. The minimum Gasteiger partial charge on any atom is -0.376 e. The molecule has 2 fully saturated rings. The van der Waals surface area contributed by atoms with Crippen molar-refractivity contribution in [1.29, 1.82) is 0 Å². The smallest absolute Gasteiger partial charge is 0.191 e. The fraction of sp³-hybridized carbons (Fsp3) is 0.933. The first-order chi connectivity index (χ1) is 9.72. The second kappa shape index (κ2) is 8.13. The SMILES string of the molecule is CCNC(=NCC1(C)CCCS1)NCC1CCCCO1. The molecule has 0 aromatic rings. The molecule has 116 valence electrons. The lowest BCUT2D eigenvalue weighted by molar-refractivity contribution is 0.0194. The third kappa shape index (κ3) is 5.17. The number of hydrogen-bond acceptors (Lipinski definition) is 3. The predicted octanol–water partition coefficient (Wildman–Crippen LogP) is 2.40. The Morgan fingerprint density at radius 2 is 2.25 bits per heavy atom. The van der Waals surface area contributed by atoms with E-state index in [1.807, 2.05) is 0 Å². The normalized spacial score (nSPS) is 31.3. The van der Waals surface area contributed by atoms with Crippen LogP contribution >= 0.6 is 11.8 Å². The lowest BCUT2D eigenvalue weighted by Crippen LogP contribution is -2.43. The van der Waals surface area contributed by atoms with Crippen molar-refractivity contribution in [3.05, 3.63) is 0 Å². The standard InChI is InChI=1S/C15H29N3OS/c1-3-16-14(17-11-13-7-4-5-9-19-13)18-12-15(2)8-6-10-20-15/h13H,3-12H2,1-2H3,(H2,16,17,18). The average molecular weight is 299 g/mol. The number of nitrogens with zero attached hydrogens (tertiary/aromatic N) is 1. The van der Waals surface area contributed by atoms with E-state index < -0.39 is 0 Å². The van der Waals surface area contributed by atoms with Gasteiger partial charge < -0.3 is 15.4 Å². The van der Waals surface area contributed by atoms with Gasteiger partial charge in [0.1, 0.15) is 0 Å². The molecular weight excluding hydrogens is 270 g/mol. The second-order valence-corrected chi connectivity index (χ2v) is 7.65. The van der Waals surface area contributed by atoms with Crippen molar-refractivity contribution in [1.82, 2.24) is 10.6 Å². The number of aliphatic imine (C=N–C) groups is 1. The Hall–Kier alpha value is -0.420. The summed E-state index contributed by atoms with van der Waals surface area (Å²) in [6.07, 6.45) is 6.63. The van der Waals surface area contributed by atoms with E-state index in [1.54, 1.807) is 0 Å². The van der Waals surface area contributed by atoms with Gasteiger partial charge in [0.25, 0.3) is 0 Å². The van der Waals surface area contributed by atoms with Crippen molar-refractivity contribution in [3.8, 4) is 0 Å². The molecule has 20 heavy (non-hydrogen) atoms. The van der Waals surface area contributed by atoms with E-state index in [0.717, 1.165) is 32.2 Å². The number of thioether (sulfide) groups is 1. The molecule has 0 spiro atoms. The van der Waals surface area contributed by atoms with Crippen LogP contribution < -0.4 is 10.6 Å². The van der Waals surface area contributed by atoms with Crippen LogP contribution in [0.25, 0.3) is 0 Å². The molecule has 2 aliphatic heterocycles. The van der Waals surface area contributed by atoms with Crippen LogP contribution in [0.3, 0.4) is 0 Å². The number of ether oxygens (including phenoxy) is 1. The first kappa shape index (κ1) is 16.0. The third-order valence-electron chi connectivity index (χ3n) is 3.99. The van der Waals surface area contributed by atoms with Crippen LogP contribution in [-0.2, 0) is 4.74 Å². The van der Waals surface area contributed by atoms with Gasteiger partial charge in [-0.3, -0.25) is 4.99 Å². The number of rotatable bonds is 5. The van der Waals surface area contributed by atoms with Gasteiger partial charge in [0.05, 0.1) is 12.6 Å². The first-order valence-electron chi connectivity index (χ1n) is 7.99. The molecule has 0 aliphatic carbocycles. The summed E-state index contributed by atoms with van der Waals surface area (Å²) in [5, 5.41) is 6.77. The Balaban J connectivity index is 1.78. The fourth-order valence-electron chi connectivity index (χ4n) is 2.73. The highest BCUT2D eigenvalue weighted by atomic mass is 32.2. The summed E-state index contributed by atoms with van der Waals surface area (Å²) in [5.41, 5.74) is 0. The molecule has 2 saturated heterocycles. The van der Waals surface area contributed by atoms with Gasteiger partial charge in [-0.2, -0.15) is 11.8 Å². The molecule has 5 heteroatoms. The summed E-state index contributed by atoms with van der Waals surface area (Å²) < 4.78 is 6.09. The third-order valence-corrected chi connectivity index (χ3v) is 5.51. The lowest BCUT2D eigenvalue weighted by atomic mass is 10.1. The van der Waals surface area contributed by atoms with Crippen molar-refractivity contribution < 1.29 is 4.74 Å². The van der Waals surface area contributed by atoms with E-state index in [4.69, 9.17) is 9.73 Å². The topological polar surface area (TPSA) is 45.7 Å². The Labute approximate surface area is 127 Å². The highest BCUT2D eigenvalue weighted by molar-refractivity contribution is 8.00. The zero-order valence-corrected chi connectivity index (χ0v) is 13.7. The molecule has 0 bridgehead atoms. The van der Waals surface area contributed by atoms with Crippen LogP contribution in [0.1, 0.15) is 46.0 Å². The Morgan fingerprint density at radius 1 is 1.35 bits per heavy atom. The number of guanidine groups is 1. The van der Waals surface area contributed by atoms with Gasteiger partial charge in [0.15, 0.2) is 5.96 Å².